The normalized spacial score (nSPS) is 52.5. The Morgan fingerprint density at radius 3 is 2.93 bits per heavy atom. The van der Waals surface area contributed by atoms with Crippen LogP contribution in [0.5, 0.6) is 0 Å². The van der Waals surface area contributed by atoms with Crippen LogP contribution in [-0.2, 0) is 4.84 Å². The van der Waals surface area contributed by atoms with Crippen LogP contribution in [0.1, 0.15) is 12.8 Å². The van der Waals surface area contributed by atoms with Crippen LogP contribution in [-0.4, -0.2) is 61.5 Å². The van der Waals surface area contributed by atoms with Gasteiger partial charge in [-0.3, -0.25) is 4.84 Å². The number of piperidine rings is 1. The van der Waals surface area contributed by atoms with Crippen LogP contribution in [0.2, 0.25) is 0 Å². The molecule has 0 aromatic rings. The van der Waals surface area contributed by atoms with Crippen molar-refractivity contribution in [3.8, 4) is 0 Å². The number of piperazine rings is 1. The van der Waals surface area contributed by atoms with E-state index in [1.54, 1.807) is 0 Å². The summed E-state index contributed by atoms with van der Waals surface area (Å²) in [6, 6.07) is 0.796. The van der Waals surface area contributed by atoms with E-state index in [1.165, 1.54) is 50.0 Å². The van der Waals surface area contributed by atoms with E-state index in [4.69, 9.17) is 4.84 Å². The number of quaternary nitrogens is 2. The topological polar surface area (TPSA) is 21.3 Å². The highest BCUT2D eigenvalue weighted by Crippen LogP contribution is 2.31. The van der Waals surface area contributed by atoms with Crippen molar-refractivity contribution in [2.24, 2.45) is 0 Å². The standard InChI is InChI=1S/C10H21N3O/c1-12-4-2-3-10(9-12)13(6-5-12)7-8-14-11-13/h10-11H,2-9H2,1H3/q+2. The van der Waals surface area contributed by atoms with Crippen LogP contribution in [0.3, 0.4) is 0 Å². The number of hydrogen-bond acceptors (Lipinski definition) is 2. The van der Waals surface area contributed by atoms with Gasteiger partial charge in [-0.2, -0.15) is 0 Å². The summed E-state index contributed by atoms with van der Waals surface area (Å²) in [5.41, 5.74) is 3.27. The SMILES string of the molecule is C[N+]12CCCC(C1)[N+]1(CCON1)CC2. The van der Waals surface area contributed by atoms with Crippen LogP contribution in [0.25, 0.3) is 0 Å². The summed E-state index contributed by atoms with van der Waals surface area (Å²) in [6.45, 7) is 7.35. The highest BCUT2D eigenvalue weighted by molar-refractivity contribution is 4.70. The number of rotatable bonds is 0. The molecule has 3 aliphatic rings. The summed E-state index contributed by atoms with van der Waals surface area (Å²) in [6.07, 6.45) is 2.77. The van der Waals surface area contributed by atoms with Crippen LogP contribution < -0.4 is 5.59 Å². The first-order valence-corrected chi connectivity index (χ1v) is 5.82. The molecule has 0 aromatic heterocycles. The zero-order chi connectivity index (χ0) is 9.65. The molecule has 1 N–H and O–H groups in total. The van der Waals surface area contributed by atoms with Crippen LogP contribution >= 0.6 is 0 Å². The molecule has 1 spiro atoms. The minimum absolute atomic E-state index is 0.796. The third-order valence-electron chi connectivity index (χ3n) is 4.46. The molecule has 2 bridgehead atoms. The third kappa shape index (κ3) is 1.21. The highest BCUT2D eigenvalue weighted by atomic mass is 16.7. The lowest BCUT2D eigenvalue weighted by Gasteiger charge is -2.52. The molecule has 4 heteroatoms. The second-order valence-corrected chi connectivity index (χ2v) is 5.47. The molecule has 0 saturated carbocycles. The van der Waals surface area contributed by atoms with Gasteiger partial charge in [-0.15, -0.1) is 0 Å². The van der Waals surface area contributed by atoms with Crippen LogP contribution in [0, 0.1) is 0 Å². The van der Waals surface area contributed by atoms with E-state index in [2.05, 4.69) is 12.6 Å². The third-order valence-corrected chi connectivity index (χ3v) is 4.46. The maximum absolute atomic E-state index is 5.38. The van der Waals surface area contributed by atoms with Gasteiger partial charge in [0.2, 0.25) is 0 Å². The predicted molar refractivity (Wildman–Crippen MR) is 52.9 cm³/mol. The summed E-state index contributed by atoms with van der Waals surface area (Å²) in [7, 11) is 2.42. The van der Waals surface area contributed by atoms with Crippen molar-refractivity contribution in [2.45, 2.75) is 18.9 Å². The summed E-state index contributed by atoms with van der Waals surface area (Å²) >= 11 is 0. The molecule has 0 aromatic carbocycles. The Balaban J connectivity index is 1.84. The van der Waals surface area contributed by atoms with Gasteiger partial charge >= 0.3 is 0 Å². The zero-order valence-electron chi connectivity index (χ0n) is 9.04. The summed E-state index contributed by atoms with van der Waals surface area (Å²) in [5.74, 6) is 0. The van der Waals surface area contributed by atoms with Gasteiger partial charge in [-0.25, -0.2) is 4.59 Å². The molecule has 0 radical (unpaired) electrons. The fraction of sp³-hybridized carbons (Fsp3) is 1.00. The Morgan fingerprint density at radius 1 is 1.21 bits per heavy atom. The minimum Gasteiger partial charge on any atom is -0.316 e. The van der Waals surface area contributed by atoms with E-state index in [1.807, 2.05) is 0 Å². The van der Waals surface area contributed by atoms with Gasteiger partial charge in [-0.05, 0) is 5.59 Å². The fourth-order valence-electron chi connectivity index (χ4n) is 3.45. The average Bonchev–Trinajstić information content (AvgIpc) is 2.63. The molecule has 3 heterocycles. The first kappa shape index (κ1) is 9.09. The molecule has 0 amide bonds. The van der Waals surface area contributed by atoms with E-state index >= 15 is 0 Å². The fourth-order valence-corrected chi connectivity index (χ4v) is 3.45. The van der Waals surface area contributed by atoms with Crippen molar-refractivity contribution in [3.63, 3.8) is 0 Å². The number of nitrogens with zero attached hydrogens (tertiary/aromatic N) is 2. The molecular weight excluding hydrogens is 178 g/mol. The molecule has 3 atom stereocenters. The monoisotopic (exact) mass is 199 g/mol. The highest BCUT2D eigenvalue weighted by Gasteiger charge is 2.52. The van der Waals surface area contributed by atoms with Gasteiger partial charge in [-0.1, -0.05) is 0 Å². The molecule has 80 valence electrons. The lowest BCUT2D eigenvalue weighted by Crippen LogP contribution is -2.74. The maximum atomic E-state index is 5.38. The molecule has 3 saturated heterocycles. The molecule has 4 nitrogen and oxygen atoms in total. The van der Waals surface area contributed by atoms with Crippen molar-refractivity contribution < 1.29 is 13.9 Å². The molecule has 14 heavy (non-hydrogen) atoms. The van der Waals surface area contributed by atoms with Gasteiger partial charge < -0.3 is 4.48 Å². The maximum Gasteiger partial charge on any atom is 0.158 e. The summed E-state index contributed by atoms with van der Waals surface area (Å²) < 4.78 is 2.35. The van der Waals surface area contributed by atoms with E-state index < -0.39 is 0 Å². The number of hydrogen-bond donors (Lipinski definition) is 1. The van der Waals surface area contributed by atoms with Crippen molar-refractivity contribution in [1.29, 1.82) is 0 Å². The van der Waals surface area contributed by atoms with Crippen molar-refractivity contribution in [2.75, 3.05) is 46.4 Å². The second-order valence-electron chi connectivity index (χ2n) is 5.47. The van der Waals surface area contributed by atoms with E-state index in [9.17, 15) is 0 Å². The smallest absolute Gasteiger partial charge is 0.158 e. The van der Waals surface area contributed by atoms with Gasteiger partial charge in [0.05, 0.1) is 13.6 Å². The van der Waals surface area contributed by atoms with Crippen molar-refractivity contribution in [1.82, 2.24) is 5.59 Å². The van der Waals surface area contributed by atoms with E-state index in [-0.39, 0.29) is 0 Å². The summed E-state index contributed by atoms with van der Waals surface area (Å²) in [4.78, 5) is 5.38. The van der Waals surface area contributed by atoms with Gasteiger partial charge in [0.25, 0.3) is 0 Å². The molecule has 3 fully saturated rings. The largest absolute Gasteiger partial charge is 0.316 e. The Hall–Kier alpha value is -0.160. The Bertz CT molecular complexity index is 240. The first-order valence-electron chi connectivity index (χ1n) is 5.82. The van der Waals surface area contributed by atoms with Crippen molar-refractivity contribution >= 4 is 0 Å². The number of nitrogens with one attached hydrogen (secondary N) is 1. The second kappa shape index (κ2) is 2.92. The average molecular weight is 199 g/mol. The van der Waals surface area contributed by atoms with Gasteiger partial charge in [0.1, 0.15) is 32.8 Å². The van der Waals surface area contributed by atoms with E-state index in [0.717, 1.165) is 17.2 Å². The molecular formula is C10H21N3O+2. The molecule has 3 aliphatic heterocycles. The van der Waals surface area contributed by atoms with Gasteiger partial charge in [0.15, 0.2) is 6.04 Å². The zero-order valence-corrected chi connectivity index (χ0v) is 9.04. The van der Waals surface area contributed by atoms with E-state index in [0.29, 0.717) is 0 Å². The molecule has 3 unspecified atom stereocenters. The lowest BCUT2D eigenvalue weighted by atomic mass is 9.97. The number of likely N-dealkylation sites (N-methyl/N-ethyl adjacent to an activating group) is 1. The minimum atomic E-state index is 0.796. The Labute approximate surface area is 85.5 Å². The van der Waals surface area contributed by atoms with Crippen molar-refractivity contribution in [3.05, 3.63) is 0 Å². The Morgan fingerprint density at radius 2 is 2.14 bits per heavy atom. The van der Waals surface area contributed by atoms with Crippen LogP contribution in [0.15, 0.2) is 0 Å². The number of fused-ring (bicyclic) bond motifs is 3. The lowest BCUT2D eigenvalue weighted by molar-refractivity contribution is -1.07. The quantitative estimate of drug-likeness (QED) is 0.549. The first-order chi connectivity index (χ1) is 6.73. The Kier molecular flexibility index (Phi) is 1.89. The molecule has 0 aliphatic carbocycles. The van der Waals surface area contributed by atoms with Crippen LogP contribution in [0.4, 0.5) is 0 Å². The van der Waals surface area contributed by atoms with Gasteiger partial charge in [0, 0.05) is 12.8 Å². The molecule has 3 rings (SSSR count). The predicted octanol–water partition coefficient (Wildman–Crippen LogP) is -0.124. The summed E-state index contributed by atoms with van der Waals surface area (Å²) in [5, 5.41) is 0.